The average molecular weight is 246 g/mol. The van der Waals surface area contributed by atoms with E-state index >= 15 is 0 Å². The van der Waals surface area contributed by atoms with Crippen LogP contribution in [0.1, 0.15) is 11.1 Å². The molecule has 0 radical (unpaired) electrons. The van der Waals surface area contributed by atoms with Gasteiger partial charge in [0.05, 0.1) is 16.6 Å². The molecule has 0 amide bonds. The van der Waals surface area contributed by atoms with E-state index in [4.69, 9.17) is 5.10 Å². The first-order chi connectivity index (χ1) is 9.27. The predicted octanol–water partition coefficient (Wildman–Crippen LogP) is 4.26. The number of aryl methyl sites for hydroxylation is 2. The minimum Gasteiger partial charge on any atom is -0.232 e. The van der Waals surface area contributed by atoms with Crippen molar-refractivity contribution >= 4 is 27.3 Å². The molecular weight excluding hydrogens is 232 g/mol. The third-order valence-electron chi connectivity index (χ3n) is 4.03. The lowest BCUT2D eigenvalue weighted by Gasteiger charge is -2.09. The average Bonchev–Trinajstić information content (AvgIpc) is 2.84. The highest BCUT2D eigenvalue weighted by Crippen LogP contribution is 2.30. The van der Waals surface area contributed by atoms with Gasteiger partial charge in [-0.2, -0.15) is 5.10 Å². The zero-order valence-electron chi connectivity index (χ0n) is 11.0. The molecule has 2 heteroatoms. The Hall–Kier alpha value is -2.35. The fraction of sp³-hybridized carbons (Fsp3) is 0.118. The third-order valence-corrected chi connectivity index (χ3v) is 4.03. The highest BCUT2D eigenvalue weighted by atomic mass is 15.2. The van der Waals surface area contributed by atoms with Gasteiger partial charge in [-0.1, -0.05) is 36.4 Å². The number of nitrogens with zero attached hydrogens (tertiary/aromatic N) is 2. The zero-order chi connectivity index (χ0) is 13.0. The van der Waals surface area contributed by atoms with E-state index < -0.39 is 0 Å². The van der Waals surface area contributed by atoms with Crippen molar-refractivity contribution in [1.82, 2.24) is 9.61 Å². The SMILES string of the molecule is Cc1c(C)c2c3ccccc3nn2c2ccccc12. The first-order valence-electron chi connectivity index (χ1n) is 6.53. The van der Waals surface area contributed by atoms with E-state index in [1.54, 1.807) is 0 Å². The van der Waals surface area contributed by atoms with Crippen molar-refractivity contribution in [2.45, 2.75) is 13.8 Å². The Morgan fingerprint density at radius 2 is 1.47 bits per heavy atom. The molecule has 92 valence electrons. The molecule has 2 heterocycles. The van der Waals surface area contributed by atoms with Crippen molar-refractivity contribution in [2.24, 2.45) is 0 Å². The van der Waals surface area contributed by atoms with Gasteiger partial charge in [-0.05, 0) is 37.1 Å². The lowest BCUT2D eigenvalue weighted by atomic mass is 10.0. The maximum Gasteiger partial charge on any atom is 0.0934 e. The molecule has 2 aromatic heterocycles. The molecule has 2 aromatic carbocycles. The Kier molecular flexibility index (Phi) is 1.99. The maximum absolute atomic E-state index is 4.76. The molecule has 0 N–H and O–H groups in total. The van der Waals surface area contributed by atoms with Crippen LogP contribution in [0.2, 0.25) is 0 Å². The standard InChI is InChI=1S/C17H14N2/c1-11-12(2)17-14-8-3-5-9-15(14)18-19(17)16-10-6-4-7-13(11)16/h3-10H,1-2H3. The molecule has 0 aliphatic heterocycles. The molecule has 0 aliphatic carbocycles. The third kappa shape index (κ3) is 1.28. The van der Waals surface area contributed by atoms with E-state index in [0.29, 0.717) is 0 Å². The summed E-state index contributed by atoms with van der Waals surface area (Å²) in [5.74, 6) is 0. The highest BCUT2D eigenvalue weighted by molar-refractivity contribution is 6.01. The number of para-hydroxylation sites is 1. The Morgan fingerprint density at radius 3 is 2.32 bits per heavy atom. The van der Waals surface area contributed by atoms with Gasteiger partial charge < -0.3 is 0 Å². The van der Waals surface area contributed by atoms with Crippen LogP contribution in [0.25, 0.3) is 27.3 Å². The second kappa shape index (κ2) is 3.58. The molecular formula is C17H14N2. The Labute approximate surface area is 111 Å². The van der Waals surface area contributed by atoms with Crippen LogP contribution in [0.15, 0.2) is 48.5 Å². The van der Waals surface area contributed by atoms with E-state index in [-0.39, 0.29) is 0 Å². The van der Waals surface area contributed by atoms with Crippen LogP contribution >= 0.6 is 0 Å². The smallest absolute Gasteiger partial charge is 0.0934 e. The van der Waals surface area contributed by atoms with Crippen LogP contribution in [0.4, 0.5) is 0 Å². The van der Waals surface area contributed by atoms with Crippen molar-refractivity contribution in [3.05, 3.63) is 59.7 Å². The molecule has 0 saturated heterocycles. The predicted molar refractivity (Wildman–Crippen MR) is 79.7 cm³/mol. The number of aromatic nitrogens is 2. The van der Waals surface area contributed by atoms with Crippen molar-refractivity contribution < 1.29 is 0 Å². The molecule has 0 saturated carbocycles. The van der Waals surface area contributed by atoms with Crippen LogP contribution in [-0.2, 0) is 0 Å². The molecule has 0 aliphatic rings. The van der Waals surface area contributed by atoms with Crippen molar-refractivity contribution in [2.75, 3.05) is 0 Å². The summed E-state index contributed by atoms with van der Waals surface area (Å²) in [6, 6.07) is 16.8. The highest BCUT2D eigenvalue weighted by Gasteiger charge is 2.12. The van der Waals surface area contributed by atoms with Crippen molar-refractivity contribution in [3.8, 4) is 0 Å². The summed E-state index contributed by atoms with van der Waals surface area (Å²) in [5, 5.41) is 7.27. The molecule has 0 fully saturated rings. The first-order valence-corrected chi connectivity index (χ1v) is 6.53. The Balaban J connectivity index is 2.41. The van der Waals surface area contributed by atoms with E-state index in [1.165, 1.54) is 32.9 Å². The minimum atomic E-state index is 1.06. The van der Waals surface area contributed by atoms with Crippen LogP contribution < -0.4 is 0 Å². The number of benzene rings is 2. The number of rotatable bonds is 0. The van der Waals surface area contributed by atoms with Crippen molar-refractivity contribution in [1.29, 1.82) is 0 Å². The number of fused-ring (bicyclic) bond motifs is 5. The summed E-state index contributed by atoms with van der Waals surface area (Å²) in [6.07, 6.45) is 0. The van der Waals surface area contributed by atoms with Gasteiger partial charge in [-0.25, -0.2) is 4.52 Å². The van der Waals surface area contributed by atoms with E-state index in [0.717, 1.165) is 5.52 Å². The number of hydrogen-bond donors (Lipinski definition) is 0. The van der Waals surface area contributed by atoms with Gasteiger partial charge in [0, 0.05) is 10.8 Å². The van der Waals surface area contributed by atoms with Crippen LogP contribution in [0, 0.1) is 13.8 Å². The molecule has 0 bridgehead atoms. The molecule has 4 rings (SSSR count). The van der Waals surface area contributed by atoms with Gasteiger partial charge >= 0.3 is 0 Å². The molecule has 0 spiro atoms. The summed E-state index contributed by atoms with van der Waals surface area (Å²) in [7, 11) is 0. The van der Waals surface area contributed by atoms with Crippen molar-refractivity contribution in [3.63, 3.8) is 0 Å². The summed E-state index contributed by atoms with van der Waals surface area (Å²) in [6.45, 7) is 4.38. The van der Waals surface area contributed by atoms with Gasteiger partial charge in [0.25, 0.3) is 0 Å². The van der Waals surface area contributed by atoms with Gasteiger partial charge in [0.2, 0.25) is 0 Å². The summed E-state index contributed by atoms with van der Waals surface area (Å²) in [5.41, 5.74) is 6.12. The summed E-state index contributed by atoms with van der Waals surface area (Å²) < 4.78 is 2.09. The van der Waals surface area contributed by atoms with E-state index in [9.17, 15) is 0 Å². The lowest BCUT2D eigenvalue weighted by Crippen LogP contribution is -1.95. The first kappa shape index (κ1) is 10.6. The van der Waals surface area contributed by atoms with Crippen LogP contribution in [0.3, 0.4) is 0 Å². The largest absolute Gasteiger partial charge is 0.232 e. The topological polar surface area (TPSA) is 17.3 Å². The normalized spacial score (nSPS) is 11.7. The Morgan fingerprint density at radius 1 is 0.789 bits per heavy atom. The van der Waals surface area contributed by atoms with E-state index in [2.05, 4.69) is 60.8 Å². The fourth-order valence-electron chi connectivity index (χ4n) is 2.92. The molecule has 4 aromatic rings. The van der Waals surface area contributed by atoms with Gasteiger partial charge in [0.15, 0.2) is 0 Å². The van der Waals surface area contributed by atoms with Gasteiger partial charge in [0.1, 0.15) is 0 Å². The van der Waals surface area contributed by atoms with Crippen LogP contribution in [0.5, 0.6) is 0 Å². The van der Waals surface area contributed by atoms with E-state index in [1.807, 2.05) is 6.07 Å². The van der Waals surface area contributed by atoms with Gasteiger partial charge in [-0.15, -0.1) is 0 Å². The summed E-state index contributed by atoms with van der Waals surface area (Å²) >= 11 is 0. The monoisotopic (exact) mass is 246 g/mol. The van der Waals surface area contributed by atoms with Gasteiger partial charge in [-0.3, -0.25) is 0 Å². The molecule has 0 unspecified atom stereocenters. The zero-order valence-corrected chi connectivity index (χ0v) is 11.0. The number of hydrogen-bond acceptors (Lipinski definition) is 1. The van der Waals surface area contributed by atoms with Crippen LogP contribution in [-0.4, -0.2) is 9.61 Å². The second-order valence-electron chi connectivity index (χ2n) is 5.04. The molecule has 19 heavy (non-hydrogen) atoms. The maximum atomic E-state index is 4.76. The minimum absolute atomic E-state index is 1.06. The second-order valence-corrected chi connectivity index (χ2v) is 5.04. The molecule has 0 atom stereocenters. The fourth-order valence-corrected chi connectivity index (χ4v) is 2.92. The number of pyridine rings is 1. The quantitative estimate of drug-likeness (QED) is 0.453. The lowest BCUT2D eigenvalue weighted by molar-refractivity contribution is 1.02. The molecule has 2 nitrogen and oxygen atoms in total. The Bertz CT molecular complexity index is 932. The summed E-state index contributed by atoms with van der Waals surface area (Å²) in [4.78, 5) is 0.